The van der Waals surface area contributed by atoms with Gasteiger partial charge in [0, 0.05) is 37.0 Å². The van der Waals surface area contributed by atoms with E-state index in [4.69, 9.17) is 0 Å². The Bertz CT molecular complexity index is 635. The maximum Gasteiger partial charge on any atom is 0.200 e. The van der Waals surface area contributed by atoms with Crippen molar-refractivity contribution in [3.05, 3.63) is 34.6 Å². The van der Waals surface area contributed by atoms with Crippen molar-refractivity contribution in [2.24, 2.45) is 7.05 Å². The lowest BCUT2D eigenvalue weighted by Crippen LogP contribution is -2.14. The highest BCUT2D eigenvalue weighted by molar-refractivity contribution is 5.53. The second kappa shape index (κ2) is 5.42. The monoisotopic (exact) mass is 277 g/mol. The van der Waals surface area contributed by atoms with Crippen molar-refractivity contribution < 1.29 is 15.3 Å². The molecular formula is C14H19N3O3. The summed E-state index contributed by atoms with van der Waals surface area (Å²) in [5.41, 5.74) is 3.71. The molecule has 0 saturated carbocycles. The van der Waals surface area contributed by atoms with Gasteiger partial charge in [0.05, 0.1) is 5.69 Å². The summed E-state index contributed by atoms with van der Waals surface area (Å²) >= 11 is 0. The molecule has 2 aromatic rings. The molecule has 0 aliphatic carbocycles. The SMILES string of the molecule is Cc1nn(C)c(C)c1CNCc1ccc(O)c(O)c1O. The molecule has 2 rings (SSSR count). The topological polar surface area (TPSA) is 90.5 Å². The minimum atomic E-state index is -0.488. The molecule has 0 fully saturated rings. The van der Waals surface area contributed by atoms with Crippen molar-refractivity contribution in [3.8, 4) is 17.2 Å². The molecule has 0 bridgehead atoms. The van der Waals surface area contributed by atoms with Gasteiger partial charge in [-0.3, -0.25) is 4.68 Å². The van der Waals surface area contributed by atoms with E-state index in [0.717, 1.165) is 17.0 Å². The maximum atomic E-state index is 9.72. The third kappa shape index (κ3) is 2.55. The molecule has 1 aromatic carbocycles. The lowest BCUT2D eigenvalue weighted by atomic mass is 10.1. The molecule has 1 aromatic heterocycles. The minimum absolute atomic E-state index is 0.294. The molecule has 0 spiro atoms. The number of benzene rings is 1. The molecule has 0 amide bonds. The van der Waals surface area contributed by atoms with Crippen LogP contribution in [0.15, 0.2) is 12.1 Å². The van der Waals surface area contributed by atoms with Gasteiger partial charge in [0.2, 0.25) is 5.75 Å². The van der Waals surface area contributed by atoms with Gasteiger partial charge in [0.1, 0.15) is 0 Å². The van der Waals surface area contributed by atoms with Crippen LogP contribution in [0.5, 0.6) is 17.2 Å². The van der Waals surface area contributed by atoms with Crippen LogP contribution in [0.25, 0.3) is 0 Å². The first-order chi connectivity index (χ1) is 9.41. The summed E-state index contributed by atoms with van der Waals surface area (Å²) in [6.07, 6.45) is 0. The van der Waals surface area contributed by atoms with Gasteiger partial charge in [-0.15, -0.1) is 0 Å². The zero-order valence-corrected chi connectivity index (χ0v) is 11.8. The van der Waals surface area contributed by atoms with E-state index >= 15 is 0 Å². The molecule has 0 saturated heterocycles. The van der Waals surface area contributed by atoms with Gasteiger partial charge in [-0.25, -0.2) is 0 Å². The van der Waals surface area contributed by atoms with Gasteiger partial charge in [-0.05, 0) is 19.9 Å². The minimum Gasteiger partial charge on any atom is -0.504 e. The van der Waals surface area contributed by atoms with Crippen LogP contribution in [0.4, 0.5) is 0 Å². The molecular weight excluding hydrogens is 258 g/mol. The summed E-state index contributed by atoms with van der Waals surface area (Å²) in [5, 5.41) is 36.0. The largest absolute Gasteiger partial charge is 0.504 e. The molecule has 6 nitrogen and oxygen atoms in total. The molecule has 0 unspecified atom stereocenters. The van der Waals surface area contributed by atoms with Crippen LogP contribution in [0.2, 0.25) is 0 Å². The van der Waals surface area contributed by atoms with E-state index in [2.05, 4.69) is 10.4 Å². The number of hydrogen-bond donors (Lipinski definition) is 4. The Morgan fingerprint density at radius 2 is 1.80 bits per heavy atom. The van der Waals surface area contributed by atoms with Crippen LogP contribution in [0.3, 0.4) is 0 Å². The first kappa shape index (κ1) is 14.2. The zero-order chi connectivity index (χ0) is 14.9. The van der Waals surface area contributed by atoms with Crippen LogP contribution >= 0.6 is 0 Å². The van der Waals surface area contributed by atoms with Crippen LogP contribution in [0.1, 0.15) is 22.5 Å². The lowest BCUT2D eigenvalue weighted by molar-refractivity contribution is 0.364. The van der Waals surface area contributed by atoms with Crippen molar-refractivity contribution in [3.63, 3.8) is 0 Å². The molecule has 6 heteroatoms. The van der Waals surface area contributed by atoms with E-state index in [1.807, 2.05) is 25.6 Å². The lowest BCUT2D eigenvalue weighted by Gasteiger charge is -2.09. The Balaban J connectivity index is 2.05. The van der Waals surface area contributed by atoms with Gasteiger partial charge in [-0.1, -0.05) is 6.07 Å². The average Bonchev–Trinajstić information content (AvgIpc) is 2.65. The number of nitrogens with zero attached hydrogens (tertiary/aromatic N) is 2. The standard InChI is InChI=1S/C14H19N3O3/c1-8-11(9(2)17(3)16-8)7-15-6-10-4-5-12(18)14(20)13(10)19/h4-5,15,18-20H,6-7H2,1-3H3. The van der Waals surface area contributed by atoms with Crippen LogP contribution < -0.4 is 5.32 Å². The van der Waals surface area contributed by atoms with Crippen molar-refractivity contribution in [1.29, 1.82) is 0 Å². The Labute approximate surface area is 117 Å². The predicted molar refractivity (Wildman–Crippen MR) is 74.7 cm³/mol. The Kier molecular flexibility index (Phi) is 3.85. The van der Waals surface area contributed by atoms with E-state index in [9.17, 15) is 15.3 Å². The quantitative estimate of drug-likeness (QED) is 0.635. The fourth-order valence-corrected chi connectivity index (χ4v) is 2.15. The molecule has 20 heavy (non-hydrogen) atoms. The molecule has 4 N–H and O–H groups in total. The summed E-state index contributed by atoms with van der Waals surface area (Å²) in [7, 11) is 1.90. The molecule has 0 atom stereocenters. The van der Waals surface area contributed by atoms with Crippen molar-refractivity contribution in [1.82, 2.24) is 15.1 Å². The van der Waals surface area contributed by atoms with E-state index in [0.29, 0.717) is 18.7 Å². The Morgan fingerprint density at radius 1 is 1.10 bits per heavy atom. The number of rotatable bonds is 4. The number of aromatic nitrogens is 2. The van der Waals surface area contributed by atoms with Crippen LogP contribution in [0, 0.1) is 13.8 Å². The fourth-order valence-electron chi connectivity index (χ4n) is 2.15. The van der Waals surface area contributed by atoms with Gasteiger partial charge in [0.15, 0.2) is 11.5 Å². The molecule has 0 aliphatic rings. The highest BCUT2D eigenvalue weighted by Crippen LogP contribution is 2.36. The predicted octanol–water partition coefficient (Wildman–Crippen LogP) is 1.44. The molecule has 0 aliphatic heterocycles. The van der Waals surface area contributed by atoms with Gasteiger partial charge < -0.3 is 20.6 Å². The van der Waals surface area contributed by atoms with Crippen molar-refractivity contribution in [2.75, 3.05) is 0 Å². The first-order valence-electron chi connectivity index (χ1n) is 6.34. The van der Waals surface area contributed by atoms with E-state index in [1.54, 1.807) is 6.07 Å². The van der Waals surface area contributed by atoms with Crippen LogP contribution in [-0.4, -0.2) is 25.1 Å². The molecule has 1 heterocycles. The Morgan fingerprint density at radius 3 is 2.40 bits per heavy atom. The number of hydrogen-bond acceptors (Lipinski definition) is 5. The number of nitrogens with one attached hydrogen (secondary N) is 1. The van der Waals surface area contributed by atoms with E-state index in [-0.39, 0.29) is 11.5 Å². The summed E-state index contributed by atoms with van der Waals surface area (Å²) < 4.78 is 1.83. The van der Waals surface area contributed by atoms with Crippen molar-refractivity contribution >= 4 is 0 Å². The maximum absolute atomic E-state index is 9.72. The Hall–Kier alpha value is -2.21. The third-order valence-corrected chi connectivity index (χ3v) is 3.49. The second-order valence-corrected chi connectivity index (χ2v) is 4.82. The smallest absolute Gasteiger partial charge is 0.200 e. The highest BCUT2D eigenvalue weighted by atomic mass is 16.3. The number of phenols is 3. The number of aryl methyl sites for hydroxylation is 2. The van der Waals surface area contributed by atoms with Gasteiger partial charge in [-0.2, -0.15) is 5.10 Å². The zero-order valence-electron chi connectivity index (χ0n) is 11.8. The number of aromatic hydroxyl groups is 3. The first-order valence-corrected chi connectivity index (χ1v) is 6.34. The summed E-state index contributed by atoms with van der Waals surface area (Å²) in [6, 6.07) is 2.92. The van der Waals surface area contributed by atoms with E-state index < -0.39 is 5.75 Å². The number of phenolic OH excluding ortho intramolecular Hbond substituents is 3. The summed E-state index contributed by atoms with van der Waals surface area (Å²) in [6.45, 7) is 4.95. The summed E-state index contributed by atoms with van der Waals surface area (Å²) in [5.74, 6) is -1.11. The summed E-state index contributed by atoms with van der Waals surface area (Å²) in [4.78, 5) is 0. The highest BCUT2D eigenvalue weighted by Gasteiger charge is 2.12. The van der Waals surface area contributed by atoms with Gasteiger partial charge >= 0.3 is 0 Å². The molecule has 0 radical (unpaired) electrons. The normalized spacial score (nSPS) is 10.9. The average molecular weight is 277 g/mol. The third-order valence-electron chi connectivity index (χ3n) is 3.49. The van der Waals surface area contributed by atoms with Crippen LogP contribution in [-0.2, 0) is 20.1 Å². The fraction of sp³-hybridized carbons (Fsp3) is 0.357. The van der Waals surface area contributed by atoms with Crippen molar-refractivity contribution in [2.45, 2.75) is 26.9 Å². The van der Waals surface area contributed by atoms with Gasteiger partial charge in [0.25, 0.3) is 0 Å². The second-order valence-electron chi connectivity index (χ2n) is 4.82. The molecule has 108 valence electrons. The van der Waals surface area contributed by atoms with E-state index in [1.165, 1.54) is 6.07 Å².